The summed E-state index contributed by atoms with van der Waals surface area (Å²) in [6.07, 6.45) is 7.61. The number of carbonyl (C=O) groups excluding carboxylic acids is 2. The maximum Gasteiger partial charge on any atom is 0.220 e. The molecule has 2 aliphatic heterocycles. The van der Waals surface area contributed by atoms with Crippen LogP contribution in [-0.2, 0) is 26.2 Å². The van der Waals surface area contributed by atoms with E-state index < -0.39 is 11.5 Å². The molecule has 7 aliphatic rings. The van der Waals surface area contributed by atoms with E-state index in [9.17, 15) is 14.7 Å². The number of piperidine rings is 1. The fourth-order valence-electron chi connectivity index (χ4n) is 9.35. The van der Waals surface area contributed by atoms with Crippen LogP contribution < -0.4 is 15.8 Å². The fourth-order valence-corrected chi connectivity index (χ4v) is 9.35. The number of benzene rings is 1. The Hall–Kier alpha value is -2.32. The van der Waals surface area contributed by atoms with Crippen molar-refractivity contribution in [1.29, 1.82) is 0 Å². The van der Waals surface area contributed by atoms with Gasteiger partial charge in [-0.15, -0.1) is 0 Å². The number of nitrogens with one attached hydrogen (secondary N) is 1. The van der Waals surface area contributed by atoms with Crippen molar-refractivity contribution < 1.29 is 24.2 Å². The summed E-state index contributed by atoms with van der Waals surface area (Å²) in [5, 5.41) is 14.0. The van der Waals surface area contributed by atoms with E-state index in [0.29, 0.717) is 18.3 Å². The number of likely N-dealkylation sites (tertiary alicyclic amines) is 1. The van der Waals surface area contributed by atoms with Crippen LogP contribution in [0.3, 0.4) is 0 Å². The van der Waals surface area contributed by atoms with Crippen molar-refractivity contribution in [2.24, 2.45) is 23.0 Å². The lowest BCUT2D eigenvalue weighted by molar-refractivity contribution is -0.276. The van der Waals surface area contributed by atoms with Crippen molar-refractivity contribution >= 4 is 11.8 Å². The Labute approximate surface area is 211 Å². The van der Waals surface area contributed by atoms with Crippen molar-refractivity contribution in [1.82, 2.24) is 10.2 Å². The van der Waals surface area contributed by atoms with E-state index in [4.69, 9.17) is 15.2 Å². The summed E-state index contributed by atoms with van der Waals surface area (Å²) >= 11 is 0. The van der Waals surface area contributed by atoms with E-state index in [-0.39, 0.29) is 47.4 Å². The summed E-state index contributed by atoms with van der Waals surface area (Å²) in [6.45, 7) is 2.73. The zero-order valence-electron chi connectivity index (χ0n) is 21.1. The fraction of sp³-hybridized carbons (Fsp3) is 0.714. The maximum atomic E-state index is 12.5. The molecule has 2 heterocycles. The molecule has 5 aliphatic carbocycles. The minimum Gasteiger partial charge on any atom is -0.504 e. The normalized spacial score (nSPS) is 39.4. The van der Waals surface area contributed by atoms with Crippen LogP contribution in [0.2, 0.25) is 0 Å². The molecule has 5 fully saturated rings. The molecule has 6 atom stereocenters. The number of primary amides is 1. The van der Waals surface area contributed by atoms with Gasteiger partial charge in [0.1, 0.15) is 11.7 Å². The highest BCUT2D eigenvalue weighted by Crippen LogP contribution is 2.76. The van der Waals surface area contributed by atoms with Gasteiger partial charge < -0.3 is 25.6 Å². The average molecular weight is 496 g/mol. The first kappa shape index (κ1) is 22.8. The van der Waals surface area contributed by atoms with Crippen LogP contribution in [0, 0.1) is 17.3 Å². The zero-order chi connectivity index (χ0) is 24.9. The molecule has 1 aromatic carbocycles. The number of hydrogen-bond donors (Lipinski definition) is 3. The van der Waals surface area contributed by atoms with Crippen LogP contribution in [0.15, 0.2) is 12.1 Å². The molecule has 4 bridgehead atoms. The van der Waals surface area contributed by atoms with Gasteiger partial charge in [-0.3, -0.25) is 14.5 Å². The number of phenols is 1. The van der Waals surface area contributed by atoms with Crippen molar-refractivity contribution in [3.8, 4) is 11.5 Å². The third kappa shape index (κ3) is 2.77. The predicted molar refractivity (Wildman–Crippen MR) is 132 cm³/mol. The van der Waals surface area contributed by atoms with Crippen LogP contribution in [-0.4, -0.2) is 66.3 Å². The third-order valence-corrected chi connectivity index (χ3v) is 10.9. The highest BCUT2D eigenvalue weighted by Gasteiger charge is 2.80. The second kappa shape index (κ2) is 7.60. The van der Waals surface area contributed by atoms with Crippen LogP contribution in [0.1, 0.15) is 62.5 Å². The number of rotatable bonds is 8. The number of aromatic hydroxyl groups is 1. The highest BCUT2D eigenvalue weighted by molar-refractivity contribution is 5.82. The summed E-state index contributed by atoms with van der Waals surface area (Å²) in [7, 11) is 1.78. The second-order valence-electron chi connectivity index (χ2n) is 12.3. The Balaban J connectivity index is 1.30. The first-order valence-corrected chi connectivity index (χ1v) is 13.7. The molecule has 4 saturated carbocycles. The lowest BCUT2D eigenvalue weighted by atomic mass is 9.35. The standard InChI is InChI=1S/C28H37N3O5/c1-35-28-9-8-26(13-18(28)14-30-22(34)7-6-21(29)33)20-12-17-4-5-19(32)24-23(17)27(26,25(28)36-24)10-11-31(20)15-16-2-3-16/h4-5,16,18,20,25,32H,2-3,6-15H2,1H3,(H2,29,33)(H,30,34)/t18-,20-,25?,26-,27+,28?/m1/s1. The van der Waals surface area contributed by atoms with Crippen molar-refractivity contribution in [2.75, 3.05) is 26.7 Å². The molecule has 8 nitrogen and oxygen atoms in total. The minimum atomic E-state index is -0.540. The number of phenolic OH excluding ortho intramolecular Hbond substituents is 1. The molecule has 8 heteroatoms. The average Bonchev–Trinajstić information content (AvgIpc) is 3.61. The van der Waals surface area contributed by atoms with Crippen LogP contribution in [0.25, 0.3) is 0 Å². The van der Waals surface area contributed by atoms with Gasteiger partial charge in [-0.2, -0.15) is 0 Å². The molecule has 194 valence electrons. The molecule has 1 saturated heterocycles. The minimum absolute atomic E-state index is 0.0275. The molecule has 0 radical (unpaired) electrons. The van der Waals surface area contributed by atoms with E-state index >= 15 is 0 Å². The number of nitrogens with two attached hydrogens (primary N) is 1. The number of ether oxygens (including phenoxy) is 2. The molecule has 8 rings (SSSR count). The van der Waals surface area contributed by atoms with Gasteiger partial charge >= 0.3 is 0 Å². The topological polar surface area (TPSA) is 114 Å². The molecule has 36 heavy (non-hydrogen) atoms. The lowest BCUT2D eigenvalue weighted by Crippen LogP contribution is -2.81. The van der Waals surface area contributed by atoms with E-state index in [1.807, 2.05) is 0 Å². The quantitative estimate of drug-likeness (QED) is 0.508. The van der Waals surface area contributed by atoms with Gasteiger partial charge in [0.25, 0.3) is 0 Å². The Morgan fingerprint density at radius 3 is 2.83 bits per heavy atom. The van der Waals surface area contributed by atoms with Crippen LogP contribution in [0.4, 0.5) is 0 Å². The second-order valence-corrected chi connectivity index (χ2v) is 12.3. The summed E-state index contributed by atoms with van der Waals surface area (Å²) < 4.78 is 13.3. The Morgan fingerprint density at radius 1 is 1.25 bits per heavy atom. The summed E-state index contributed by atoms with van der Waals surface area (Å²) in [4.78, 5) is 26.5. The number of carbonyl (C=O) groups is 2. The Bertz CT molecular complexity index is 1140. The van der Waals surface area contributed by atoms with E-state index in [1.165, 1.54) is 30.5 Å². The van der Waals surface area contributed by atoms with E-state index in [1.54, 1.807) is 13.2 Å². The van der Waals surface area contributed by atoms with Gasteiger partial charge in [0.05, 0.1) is 0 Å². The molecule has 4 N–H and O–H groups in total. The lowest BCUT2D eigenvalue weighted by Gasteiger charge is -2.74. The van der Waals surface area contributed by atoms with E-state index in [0.717, 1.165) is 44.6 Å². The van der Waals surface area contributed by atoms with Gasteiger partial charge in [0.2, 0.25) is 11.8 Å². The Kier molecular flexibility index (Phi) is 4.82. The molecule has 0 aromatic heterocycles. The molecule has 2 unspecified atom stereocenters. The smallest absolute Gasteiger partial charge is 0.220 e. The van der Waals surface area contributed by atoms with Gasteiger partial charge in [-0.05, 0) is 69.0 Å². The number of methoxy groups -OCH3 is 1. The maximum absolute atomic E-state index is 12.5. The number of nitrogens with zero attached hydrogens (tertiary/aromatic N) is 1. The molecule has 2 spiro atoms. The van der Waals surface area contributed by atoms with E-state index in [2.05, 4.69) is 16.3 Å². The van der Waals surface area contributed by atoms with Crippen LogP contribution >= 0.6 is 0 Å². The first-order valence-electron chi connectivity index (χ1n) is 13.7. The van der Waals surface area contributed by atoms with Gasteiger partial charge in [0.15, 0.2) is 11.5 Å². The summed E-state index contributed by atoms with van der Waals surface area (Å²) in [5.74, 6) is 1.21. The number of hydrogen-bond acceptors (Lipinski definition) is 6. The number of fused-ring (bicyclic) bond motifs is 2. The van der Waals surface area contributed by atoms with Gasteiger partial charge in [0, 0.05) is 61.4 Å². The first-order chi connectivity index (χ1) is 17.3. The Morgan fingerprint density at radius 2 is 2.08 bits per heavy atom. The van der Waals surface area contributed by atoms with Gasteiger partial charge in [-0.1, -0.05) is 6.07 Å². The summed E-state index contributed by atoms with van der Waals surface area (Å²) in [6, 6.07) is 4.36. The largest absolute Gasteiger partial charge is 0.504 e. The molecule has 1 aromatic rings. The van der Waals surface area contributed by atoms with Crippen molar-refractivity contribution in [3.63, 3.8) is 0 Å². The highest BCUT2D eigenvalue weighted by atomic mass is 16.6. The summed E-state index contributed by atoms with van der Waals surface area (Å²) in [5.41, 5.74) is 7.15. The van der Waals surface area contributed by atoms with Crippen LogP contribution in [0.5, 0.6) is 11.5 Å². The zero-order valence-corrected chi connectivity index (χ0v) is 21.1. The van der Waals surface area contributed by atoms with Gasteiger partial charge in [-0.25, -0.2) is 0 Å². The number of amides is 2. The monoisotopic (exact) mass is 495 g/mol. The van der Waals surface area contributed by atoms with Crippen molar-refractivity contribution in [3.05, 3.63) is 23.3 Å². The van der Waals surface area contributed by atoms with Crippen molar-refractivity contribution in [2.45, 2.75) is 80.9 Å². The predicted octanol–water partition coefficient (Wildman–Crippen LogP) is 2.00. The SMILES string of the molecule is COC12CC[C@@]3(C[C@@H]1CNC(=O)CCC(N)=O)[C@H]1Cc4ccc(O)c5c4[C@@]3(CCN1CC1CC1)C2O5. The molecule has 2 amide bonds. The molecular formula is C28H37N3O5. The molecular weight excluding hydrogens is 458 g/mol. The third-order valence-electron chi connectivity index (χ3n) is 10.9.